The third kappa shape index (κ3) is 4.25. The van der Waals surface area contributed by atoms with E-state index in [2.05, 4.69) is 20.4 Å². The minimum atomic E-state index is -0.547. The molecule has 8 heteroatoms. The van der Waals surface area contributed by atoms with Crippen molar-refractivity contribution in [1.82, 2.24) is 15.1 Å². The van der Waals surface area contributed by atoms with Crippen molar-refractivity contribution in [3.63, 3.8) is 0 Å². The number of azide groups is 1. The molecule has 0 aliphatic heterocycles. The number of nitrogens with one attached hydrogen (secondary N) is 1. The van der Waals surface area contributed by atoms with E-state index in [4.69, 9.17) is 10.3 Å². The zero-order chi connectivity index (χ0) is 15.0. The van der Waals surface area contributed by atoms with Crippen LogP contribution in [0.5, 0.6) is 0 Å². The van der Waals surface area contributed by atoms with Crippen molar-refractivity contribution < 1.29 is 9.53 Å². The molecule has 0 aliphatic carbocycles. The monoisotopic (exact) mass is 280 g/mol. The predicted octanol–water partition coefficient (Wildman–Crippen LogP) is 1.62. The van der Waals surface area contributed by atoms with Gasteiger partial charge in [-0.25, -0.2) is 4.79 Å². The number of ether oxygens (including phenoxy) is 1. The first-order valence-corrected chi connectivity index (χ1v) is 6.51. The fourth-order valence-electron chi connectivity index (χ4n) is 1.79. The van der Waals surface area contributed by atoms with E-state index in [1.165, 1.54) is 0 Å². The van der Waals surface area contributed by atoms with Crippen LogP contribution in [0.1, 0.15) is 30.6 Å². The second-order valence-electron chi connectivity index (χ2n) is 4.26. The molecule has 0 aromatic carbocycles. The molecule has 0 fully saturated rings. The fraction of sp³-hybridized carbons (Fsp3) is 0.667. The topological polar surface area (TPSA) is 105 Å². The average Bonchev–Trinajstić information content (AvgIpc) is 2.75. The molecule has 1 unspecified atom stereocenters. The molecule has 1 aromatic rings. The molecule has 0 amide bonds. The summed E-state index contributed by atoms with van der Waals surface area (Å²) in [5, 5.41) is 10.7. The minimum absolute atomic E-state index is 0.326. The van der Waals surface area contributed by atoms with E-state index in [0.29, 0.717) is 26.1 Å². The summed E-state index contributed by atoms with van der Waals surface area (Å²) in [5.41, 5.74) is 9.91. The van der Waals surface area contributed by atoms with Crippen molar-refractivity contribution in [2.45, 2.75) is 26.3 Å². The number of carbonyl (C=O) groups is 1. The molecular formula is C12H20N6O2. The molecular weight excluding hydrogens is 260 g/mol. The average molecular weight is 280 g/mol. The van der Waals surface area contributed by atoms with Gasteiger partial charge in [-0.3, -0.25) is 4.68 Å². The van der Waals surface area contributed by atoms with Crippen LogP contribution in [-0.4, -0.2) is 35.4 Å². The molecule has 0 aliphatic rings. The summed E-state index contributed by atoms with van der Waals surface area (Å²) in [4.78, 5) is 14.7. The third-order valence-electron chi connectivity index (χ3n) is 2.95. The lowest BCUT2D eigenvalue weighted by atomic mass is 10.1. The second kappa shape index (κ2) is 8.19. The summed E-state index contributed by atoms with van der Waals surface area (Å²) >= 11 is 0. The van der Waals surface area contributed by atoms with E-state index < -0.39 is 6.04 Å². The van der Waals surface area contributed by atoms with Crippen molar-refractivity contribution in [1.29, 1.82) is 0 Å². The third-order valence-corrected chi connectivity index (χ3v) is 2.95. The Kier molecular flexibility index (Phi) is 6.55. The first-order valence-electron chi connectivity index (χ1n) is 6.51. The van der Waals surface area contributed by atoms with Gasteiger partial charge in [-0.05, 0) is 32.3 Å². The Hall–Kier alpha value is -2.05. The fourth-order valence-corrected chi connectivity index (χ4v) is 1.79. The number of esters is 1. The molecule has 1 N–H and O–H groups in total. The Bertz CT molecular complexity index is 492. The van der Waals surface area contributed by atoms with Crippen LogP contribution in [0.15, 0.2) is 11.3 Å². The molecule has 1 atom stereocenters. The van der Waals surface area contributed by atoms with Crippen LogP contribution in [0.4, 0.5) is 0 Å². The van der Waals surface area contributed by atoms with Gasteiger partial charge in [-0.1, -0.05) is 5.11 Å². The summed E-state index contributed by atoms with van der Waals surface area (Å²) < 4.78 is 6.79. The van der Waals surface area contributed by atoms with Crippen LogP contribution in [0, 0.1) is 6.92 Å². The van der Waals surface area contributed by atoms with Crippen LogP contribution in [0.3, 0.4) is 0 Å². The van der Waals surface area contributed by atoms with Gasteiger partial charge in [0.1, 0.15) is 6.04 Å². The molecule has 1 rings (SSSR count). The van der Waals surface area contributed by atoms with Gasteiger partial charge in [-0.2, -0.15) is 5.10 Å². The number of aryl methyl sites for hydroxylation is 1. The summed E-state index contributed by atoms with van der Waals surface area (Å²) in [5.74, 6) is -0.326. The lowest BCUT2D eigenvalue weighted by Gasteiger charge is -2.17. The Morgan fingerprint density at radius 1 is 1.70 bits per heavy atom. The Labute approximate surface area is 117 Å². The molecule has 110 valence electrons. The first kappa shape index (κ1) is 16.0. The van der Waals surface area contributed by atoms with Crippen LogP contribution in [-0.2, 0) is 16.6 Å². The van der Waals surface area contributed by atoms with Crippen LogP contribution >= 0.6 is 0 Å². The van der Waals surface area contributed by atoms with Gasteiger partial charge in [0.25, 0.3) is 0 Å². The van der Waals surface area contributed by atoms with E-state index in [9.17, 15) is 4.79 Å². The van der Waals surface area contributed by atoms with Crippen molar-refractivity contribution in [2.75, 3.05) is 19.7 Å². The molecule has 1 aromatic heterocycles. The Morgan fingerprint density at radius 2 is 2.45 bits per heavy atom. The zero-order valence-corrected chi connectivity index (χ0v) is 12.0. The molecule has 8 nitrogen and oxygen atoms in total. The lowest BCUT2D eigenvalue weighted by molar-refractivity contribution is -0.145. The summed E-state index contributed by atoms with van der Waals surface area (Å²) in [7, 11) is 1.82. The Balaban J connectivity index is 2.73. The predicted molar refractivity (Wildman–Crippen MR) is 74.0 cm³/mol. The molecule has 1 heterocycles. The number of nitrogens with zero attached hydrogens (tertiary/aromatic N) is 5. The number of aromatic nitrogens is 2. The second-order valence-corrected chi connectivity index (χ2v) is 4.26. The van der Waals surface area contributed by atoms with Crippen molar-refractivity contribution in [3.05, 3.63) is 27.9 Å². The largest absolute Gasteiger partial charge is 0.465 e. The van der Waals surface area contributed by atoms with Crippen molar-refractivity contribution in [3.8, 4) is 0 Å². The number of hydrogen-bond donors (Lipinski definition) is 1. The highest BCUT2D eigenvalue weighted by atomic mass is 16.5. The zero-order valence-electron chi connectivity index (χ0n) is 12.0. The van der Waals surface area contributed by atoms with E-state index in [1.54, 1.807) is 17.8 Å². The molecule has 0 spiro atoms. The molecule has 0 saturated heterocycles. The van der Waals surface area contributed by atoms with Crippen molar-refractivity contribution in [2.24, 2.45) is 12.2 Å². The maximum atomic E-state index is 12.0. The van der Waals surface area contributed by atoms with Gasteiger partial charge in [0.05, 0.1) is 12.8 Å². The van der Waals surface area contributed by atoms with Crippen molar-refractivity contribution >= 4 is 5.97 Å². The molecule has 0 bridgehead atoms. The summed E-state index contributed by atoms with van der Waals surface area (Å²) in [6.45, 7) is 4.94. The van der Waals surface area contributed by atoms with Gasteiger partial charge in [0.2, 0.25) is 0 Å². The first-order chi connectivity index (χ1) is 9.61. The van der Waals surface area contributed by atoms with E-state index in [0.717, 1.165) is 11.3 Å². The standard InChI is InChI=1S/C12H20N6O2/c1-4-20-12(19)11(14-6-5-7-15-17-13)10-8-16-18(3)9(10)2/h8,11,14H,4-7H2,1-3H3. The summed E-state index contributed by atoms with van der Waals surface area (Å²) in [6.07, 6.45) is 2.32. The summed E-state index contributed by atoms with van der Waals surface area (Å²) in [6, 6.07) is -0.547. The highest BCUT2D eigenvalue weighted by Crippen LogP contribution is 2.18. The van der Waals surface area contributed by atoms with Gasteiger partial charge in [0, 0.05) is 29.8 Å². The molecule has 20 heavy (non-hydrogen) atoms. The molecule has 0 saturated carbocycles. The van der Waals surface area contributed by atoms with Gasteiger partial charge < -0.3 is 10.1 Å². The normalized spacial score (nSPS) is 11.8. The Morgan fingerprint density at radius 3 is 3.00 bits per heavy atom. The van der Waals surface area contributed by atoms with Gasteiger partial charge >= 0.3 is 5.97 Å². The SMILES string of the molecule is CCOC(=O)C(NCCCN=[N+]=[N-])c1cnn(C)c1C. The smallest absolute Gasteiger partial charge is 0.327 e. The van der Waals surface area contributed by atoms with E-state index >= 15 is 0 Å². The maximum Gasteiger partial charge on any atom is 0.327 e. The minimum Gasteiger partial charge on any atom is -0.465 e. The van der Waals surface area contributed by atoms with Gasteiger partial charge in [0.15, 0.2) is 0 Å². The van der Waals surface area contributed by atoms with E-state index in [1.807, 2.05) is 14.0 Å². The number of carbonyl (C=O) groups excluding carboxylic acids is 1. The quantitative estimate of drug-likeness (QED) is 0.257. The highest BCUT2D eigenvalue weighted by Gasteiger charge is 2.24. The number of rotatable bonds is 8. The number of hydrogen-bond acceptors (Lipinski definition) is 5. The maximum absolute atomic E-state index is 12.0. The van der Waals surface area contributed by atoms with E-state index in [-0.39, 0.29) is 5.97 Å². The van der Waals surface area contributed by atoms with Gasteiger partial charge in [-0.15, -0.1) is 0 Å². The lowest BCUT2D eigenvalue weighted by Crippen LogP contribution is -2.31. The van der Waals surface area contributed by atoms with Crippen LogP contribution < -0.4 is 5.32 Å². The highest BCUT2D eigenvalue weighted by molar-refractivity contribution is 5.77. The van der Waals surface area contributed by atoms with Crippen LogP contribution in [0.25, 0.3) is 10.4 Å². The molecule has 0 radical (unpaired) electrons. The van der Waals surface area contributed by atoms with Crippen LogP contribution in [0.2, 0.25) is 0 Å².